The van der Waals surface area contributed by atoms with Gasteiger partial charge in [-0.1, -0.05) is 6.92 Å². The Hall–Kier alpha value is -0.770. The minimum Gasteiger partial charge on any atom is -0.338 e. The topological polar surface area (TPSA) is 58.2 Å². The molecule has 74 valence electrons. The zero-order valence-corrected chi connectivity index (χ0v) is 8.23. The van der Waals surface area contributed by atoms with Crippen molar-refractivity contribution in [3.63, 3.8) is 0 Å². The number of hydrogen-bond donors (Lipinski definition) is 2. The Morgan fingerprint density at radius 2 is 2.15 bits per heavy atom. The molecule has 1 aliphatic rings. The molecule has 0 aromatic carbocycles. The molecule has 1 rings (SSSR count). The maximum atomic E-state index is 10.9. The van der Waals surface area contributed by atoms with E-state index in [1.165, 1.54) is 0 Å². The molecule has 1 aliphatic carbocycles. The van der Waals surface area contributed by atoms with Crippen LogP contribution in [0.25, 0.3) is 0 Å². The van der Waals surface area contributed by atoms with E-state index in [0.29, 0.717) is 18.4 Å². The van der Waals surface area contributed by atoms with Gasteiger partial charge in [0.15, 0.2) is 0 Å². The fraction of sp³-hybridized carbons (Fsp3) is 0.750. The standard InChI is InChI=1S/C8H13ClN2O2/c1-5-2-6(5)4-10-8(13)11-7(12)3-9/h5-6H,2-4H2,1H3,(H2,10,11,12,13). The van der Waals surface area contributed by atoms with Crippen molar-refractivity contribution >= 4 is 23.5 Å². The largest absolute Gasteiger partial charge is 0.338 e. The normalized spacial score (nSPS) is 25.1. The van der Waals surface area contributed by atoms with Crippen molar-refractivity contribution in [1.82, 2.24) is 10.6 Å². The molecule has 0 heterocycles. The highest BCUT2D eigenvalue weighted by atomic mass is 35.5. The number of hydrogen-bond acceptors (Lipinski definition) is 2. The van der Waals surface area contributed by atoms with Gasteiger partial charge in [0.1, 0.15) is 5.88 Å². The molecule has 0 saturated heterocycles. The molecule has 0 spiro atoms. The third-order valence-electron chi connectivity index (χ3n) is 2.18. The molecule has 0 aromatic heterocycles. The van der Waals surface area contributed by atoms with Crippen molar-refractivity contribution in [3.8, 4) is 0 Å². The minimum atomic E-state index is -0.469. The lowest BCUT2D eigenvalue weighted by molar-refractivity contribution is -0.117. The minimum absolute atomic E-state index is 0.187. The third kappa shape index (κ3) is 3.63. The van der Waals surface area contributed by atoms with Crippen LogP contribution >= 0.6 is 11.6 Å². The van der Waals surface area contributed by atoms with E-state index in [4.69, 9.17) is 11.6 Å². The van der Waals surface area contributed by atoms with Gasteiger partial charge in [-0.3, -0.25) is 10.1 Å². The second-order valence-electron chi connectivity index (χ2n) is 3.36. The monoisotopic (exact) mass is 204 g/mol. The van der Waals surface area contributed by atoms with Gasteiger partial charge in [-0.15, -0.1) is 11.6 Å². The highest BCUT2D eigenvalue weighted by molar-refractivity contribution is 6.28. The van der Waals surface area contributed by atoms with Crippen LogP contribution < -0.4 is 10.6 Å². The summed E-state index contributed by atoms with van der Waals surface area (Å²) in [7, 11) is 0. The molecule has 5 heteroatoms. The van der Waals surface area contributed by atoms with Crippen LogP contribution in [0.5, 0.6) is 0 Å². The number of nitrogens with one attached hydrogen (secondary N) is 2. The number of carbonyl (C=O) groups is 2. The fourth-order valence-electron chi connectivity index (χ4n) is 1.11. The molecule has 3 amide bonds. The predicted molar refractivity (Wildman–Crippen MR) is 49.5 cm³/mol. The number of rotatable bonds is 3. The average Bonchev–Trinajstić information content (AvgIpc) is 2.78. The number of amides is 3. The van der Waals surface area contributed by atoms with Gasteiger partial charge < -0.3 is 5.32 Å². The van der Waals surface area contributed by atoms with Gasteiger partial charge in [0.2, 0.25) is 5.91 Å². The van der Waals surface area contributed by atoms with Gasteiger partial charge in [0, 0.05) is 6.54 Å². The number of halogens is 1. The van der Waals surface area contributed by atoms with E-state index in [2.05, 4.69) is 17.6 Å². The first-order chi connectivity index (χ1) is 6.13. The van der Waals surface area contributed by atoms with Gasteiger partial charge in [0.25, 0.3) is 0 Å². The Kier molecular flexibility index (Phi) is 3.54. The van der Waals surface area contributed by atoms with Crippen LogP contribution in [0, 0.1) is 11.8 Å². The molecule has 4 nitrogen and oxygen atoms in total. The predicted octanol–water partition coefficient (Wildman–Crippen LogP) is 0.707. The first-order valence-corrected chi connectivity index (χ1v) is 4.80. The summed E-state index contributed by atoms with van der Waals surface area (Å²) in [6, 6.07) is -0.454. The molecule has 0 aromatic rings. The first kappa shape index (κ1) is 10.3. The lowest BCUT2D eigenvalue weighted by Crippen LogP contribution is -2.40. The van der Waals surface area contributed by atoms with E-state index in [1.54, 1.807) is 0 Å². The van der Waals surface area contributed by atoms with E-state index in [1.807, 2.05) is 0 Å². The molecule has 0 aliphatic heterocycles. The van der Waals surface area contributed by atoms with Gasteiger partial charge in [0.05, 0.1) is 0 Å². The molecule has 13 heavy (non-hydrogen) atoms. The van der Waals surface area contributed by atoms with Crippen LogP contribution in [0.1, 0.15) is 13.3 Å². The van der Waals surface area contributed by atoms with Crippen LogP contribution in [0.3, 0.4) is 0 Å². The van der Waals surface area contributed by atoms with E-state index < -0.39 is 11.9 Å². The van der Waals surface area contributed by atoms with Gasteiger partial charge >= 0.3 is 6.03 Å². The van der Waals surface area contributed by atoms with E-state index >= 15 is 0 Å². The quantitative estimate of drug-likeness (QED) is 0.666. The first-order valence-electron chi connectivity index (χ1n) is 4.27. The average molecular weight is 205 g/mol. The Balaban J connectivity index is 2.07. The molecule has 2 atom stereocenters. The molecule has 2 unspecified atom stereocenters. The van der Waals surface area contributed by atoms with Gasteiger partial charge in [-0.25, -0.2) is 4.79 Å². The summed E-state index contributed by atoms with van der Waals surface area (Å²) >= 11 is 5.20. The number of imide groups is 1. The smallest absolute Gasteiger partial charge is 0.321 e. The van der Waals surface area contributed by atoms with Gasteiger partial charge in [-0.2, -0.15) is 0 Å². The van der Waals surface area contributed by atoms with Crippen LogP contribution in [0.2, 0.25) is 0 Å². The number of carbonyl (C=O) groups excluding carboxylic acids is 2. The Morgan fingerprint density at radius 3 is 2.62 bits per heavy atom. The fourth-order valence-corrected chi connectivity index (χ4v) is 1.18. The van der Waals surface area contributed by atoms with Crippen LogP contribution in [0.15, 0.2) is 0 Å². The van der Waals surface area contributed by atoms with Crippen molar-refractivity contribution < 1.29 is 9.59 Å². The van der Waals surface area contributed by atoms with Crippen LogP contribution in [-0.4, -0.2) is 24.4 Å². The van der Waals surface area contributed by atoms with Crippen molar-refractivity contribution in [2.45, 2.75) is 13.3 Å². The molecule has 0 bridgehead atoms. The van der Waals surface area contributed by atoms with Crippen molar-refractivity contribution in [2.24, 2.45) is 11.8 Å². The lowest BCUT2D eigenvalue weighted by atomic mass is 10.3. The summed E-state index contributed by atoms with van der Waals surface area (Å²) in [6.45, 7) is 2.77. The summed E-state index contributed by atoms with van der Waals surface area (Å²) in [5, 5.41) is 4.72. The highest BCUT2D eigenvalue weighted by Crippen LogP contribution is 2.36. The molecular formula is C8H13ClN2O2. The van der Waals surface area contributed by atoms with Crippen LogP contribution in [-0.2, 0) is 4.79 Å². The lowest BCUT2D eigenvalue weighted by Gasteiger charge is -2.03. The molecule has 2 N–H and O–H groups in total. The molecular weight excluding hydrogens is 192 g/mol. The summed E-state index contributed by atoms with van der Waals surface area (Å²) < 4.78 is 0. The maximum Gasteiger partial charge on any atom is 0.321 e. The maximum absolute atomic E-state index is 10.9. The third-order valence-corrected chi connectivity index (χ3v) is 2.42. The van der Waals surface area contributed by atoms with E-state index in [9.17, 15) is 9.59 Å². The Morgan fingerprint density at radius 1 is 1.54 bits per heavy atom. The summed E-state index contributed by atoms with van der Waals surface area (Å²) in [5.74, 6) is 0.622. The number of alkyl halides is 1. The van der Waals surface area contributed by atoms with E-state index in [0.717, 1.165) is 6.42 Å². The van der Waals surface area contributed by atoms with E-state index in [-0.39, 0.29) is 5.88 Å². The molecule has 1 fully saturated rings. The summed E-state index contributed by atoms with van der Waals surface area (Å²) in [4.78, 5) is 21.6. The zero-order chi connectivity index (χ0) is 9.84. The highest BCUT2D eigenvalue weighted by Gasteiger charge is 2.32. The second kappa shape index (κ2) is 4.46. The van der Waals surface area contributed by atoms with Gasteiger partial charge in [-0.05, 0) is 18.3 Å². The molecule has 0 radical (unpaired) electrons. The van der Waals surface area contributed by atoms with Crippen molar-refractivity contribution in [2.75, 3.05) is 12.4 Å². The van der Waals surface area contributed by atoms with Crippen LogP contribution in [0.4, 0.5) is 4.79 Å². The summed E-state index contributed by atoms with van der Waals surface area (Å²) in [5.41, 5.74) is 0. The van der Waals surface area contributed by atoms with Crippen molar-refractivity contribution in [3.05, 3.63) is 0 Å². The second-order valence-corrected chi connectivity index (χ2v) is 3.63. The summed E-state index contributed by atoms with van der Waals surface area (Å²) in [6.07, 6.45) is 1.16. The molecule has 1 saturated carbocycles. The Labute approximate surface area is 82.0 Å². The Bertz CT molecular complexity index is 220. The van der Waals surface area contributed by atoms with Crippen molar-refractivity contribution in [1.29, 1.82) is 0 Å². The SMILES string of the molecule is CC1CC1CNC(=O)NC(=O)CCl. The zero-order valence-electron chi connectivity index (χ0n) is 7.47. The number of urea groups is 1.